The first-order valence-electron chi connectivity index (χ1n) is 8.37. The number of hydrogen-bond donors (Lipinski definition) is 2. The molecule has 0 spiro atoms. The van der Waals surface area contributed by atoms with Crippen LogP contribution in [0.1, 0.15) is 31.0 Å². The van der Waals surface area contributed by atoms with Gasteiger partial charge in [-0.3, -0.25) is 4.98 Å². The zero-order chi connectivity index (χ0) is 17.2. The lowest BCUT2D eigenvalue weighted by Crippen LogP contribution is -2.54. The fourth-order valence-electron chi connectivity index (χ4n) is 2.91. The van der Waals surface area contributed by atoms with E-state index in [1.165, 1.54) is 0 Å². The van der Waals surface area contributed by atoms with Crippen LogP contribution < -0.4 is 5.32 Å². The minimum absolute atomic E-state index is 0.318. The molecular weight excluding hydrogens is 320 g/mol. The Morgan fingerprint density at radius 3 is 2.67 bits per heavy atom. The van der Waals surface area contributed by atoms with E-state index in [2.05, 4.69) is 27.2 Å². The van der Waals surface area contributed by atoms with Crippen molar-refractivity contribution in [2.45, 2.75) is 44.5 Å². The Hall–Kier alpha value is -1.66. The maximum absolute atomic E-state index is 10.8. The standard InChI is InChI=1S/C18H24N4OS/c1-4-24-15-5-8-18(15,23)11-20-16-12(2)13(3)21-17(22-16)14-6-9-19-10-7-14/h6-7,9-10,15,23H,4-5,8,11H2,1-3H3,(H,20,21,22). The predicted molar refractivity (Wildman–Crippen MR) is 99.3 cm³/mol. The molecule has 0 bridgehead atoms. The topological polar surface area (TPSA) is 70.9 Å². The Kier molecular flexibility index (Phi) is 5.06. The molecule has 2 aromatic rings. The van der Waals surface area contributed by atoms with Gasteiger partial charge in [0.25, 0.3) is 0 Å². The number of nitrogens with one attached hydrogen (secondary N) is 1. The molecule has 6 heteroatoms. The highest BCUT2D eigenvalue weighted by Crippen LogP contribution is 2.41. The van der Waals surface area contributed by atoms with Crippen molar-refractivity contribution in [2.75, 3.05) is 17.6 Å². The van der Waals surface area contributed by atoms with Crippen LogP contribution in [0.4, 0.5) is 5.82 Å². The van der Waals surface area contributed by atoms with Crippen LogP contribution in [0.3, 0.4) is 0 Å². The maximum Gasteiger partial charge on any atom is 0.161 e. The minimum Gasteiger partial charge on any atom is -0.387 e. The van der Waals surface area contributed by atoms with Crippen LogP contribution in [0.15, 0.2) is 24.5 Å². The van der Waals surface area contributed by atoms with Crippen molar-refractivity contribution < 1.29 is 5.11 Å². The molecular formula is C18H24N4OS. The molecule has 2 atom stereocenters. The number of hydrogen-bond acceptors (Lipinski definition) is 6. The molecule has 128 valence electrons. The fourth-order valence-corrected chi connectivity index (χ4v) is 4.10. The largest absolute Gasteiger partial charge is 0.387 e. The van der Waals surface area contributed by atoms with E-state index in [1.54, 1.807) is 12.4 Å². The summed E-state index contributed by atoms with van der Waals surface area (Å²) in [5.74, 6) is 2.52. The molecule has 5 nitrogen and oxygen atoms in total. The molecule has 2 N–H and O–H groups in total. The Morgan fingerprint density at radius 2 is 2.04 bits per heavy atom. The Bertz CT molecular complexity index is 710. The van der Waals surface area contributed by atoms with E-state index in [0.717, 1.165) is 41.2 Å². The van der Waals surface area contributed by atoms with Gasteiger partial charge in [-0.1, -0.05) is 6.92 Å². The molecule has 0 aliphatic heterocycles. The molecule has 24 heavy (non-hydrogen) atoms. The molecule has 0 saturated heterocycles. The summed E-state index contributed by atoms with van der Waals surface area (Å²) in [6.45, 7) is 6.66. The third-order valence-corrected chi connectivity index (χ3v) is 6.11. The molecule has 0 aromatic carbocycles. The van der Waals surface area contributed by atoms with Crippen molar-refractivity contribution in [1.82, 2.24) is 15.0 Å². The molecule has 1 aliphatic rings. The summed E-state index contributed by atoms with van der Waals surface area (Å²) in [6, 6.07) is 3.81. The molecule has 2 unspecified atom stereocenters. The number of nitrogens with zero attached hydrogens (tertiary/aromatic N) is 3. The van der Waals surface area contributed by atoms with Crippen LogP contribution >= 0.6 is 11.8 Å². The van der Waals surface area contributed by atoms with Gasteiger partial charge < -0.3 is 10.4 Å². The van der Waals surface area contributed by atoms with Crippen molar-refractivity contribution in [3.63, 3.8) is 0 Å². The van der Waals surface area contributed by atoms with Crippen LogP contribution in [-0.4, -0.2) is 43.2 Å². The van der Waals surface area contributed by atoms with Gasteiger partial charge in [0.05, 0.1) is 5.60 Å². The molecule has 1 saturated carbocycles. The number of rotatable bonds is 6. The van der Waals surface area contributed by atoms with E-state index < -0.39 is 5.60 Å². The second-order valence-corrected chi connectivity index (χ2v) is 7.76. The van der Waals surface area contributed by atoms with Crippen molar-refractivity contribution in [1.29, 1.82) is 0 Å². The van der Waals surface area contributed by atoms with Crippen LogP contribution in [0.25, 0.3) is 11.4 Å². The highest BCUT2D eigenvalue weighted by molar-refractivity contribution is 8.00. The second-order valence-electron chi connectivity index (χ2n) is 6.28. The van der Waals surface area contributed by atoms with Gasteiger partial charge in [-0.25, -0.2) is 9.97 Å². The summed E-state index contributed by atoms with van der Waals surface area (Å²) < 4.78 is 0. The van der Waals surface area contributed by atoms with E-state index in [1.807, 2.05) is 37.7 Å². The van der Waals surface area contributed by atoms with Gasteiger partial charge in [0.1, 0.15) is 5.82 Å². The van der Waals surface area contributed by atoms with E-state index in [-0.39, 0.29) is 0 Å². The minimum atomic E-state index is -0.636. The average Bonchev–Trinajstić information content (AvgIpc) is 2.60. The molecule has 0 radical (unpaired) electrons. The van der Waals surface area contributed by atoms with E-state index in [9.17, 15) is 5.11 Å². The summed E-state index contributed by atoms with van der Waals surface area (Å²) in [5, 5.41) is 14.5. The normalized spacial score (nSPS) is 22.9. The lowest BCUT2D eigenvalue weighted by atomic mass is 9.79. The lowest BCUT2D eigenvalue weighted by Gasteiger charge is -2.45. The Balaban J connectivity index is 1.79. The second kappa shape index (κ2) is 7.07. The number of aryl methyl sites for hydroxylation is 1. The first kappa shape index (κ1) is 17.2. The number of aromatic nitrogens is 3. The third kappa shape index (κ3) is 3.39. The quantitative estimate of drug-likeness (QED) is 0.838. The van der Waals surface area contributed by atoms with E-state index >= 15 is 0 Å². The monoisotopic (exact) mass is 344 g/mol. The van der Waals surface area contributed by atoms with Crippen LogP contribution in [0.2, 0.25) is 0 Å². The van der Waals surface area contributed by atoms with Gasteiger partial charge in [0.15, 0.2) is 5.82 Å². The first-order chi connectivity index (χ1) is 11.5. The average molecular weight is 344 g/mol. The van der Waals surface area contributed by atoms with Crippen molar-refractivity contribution in [3.8, 4) is 11.4 Å². The van der Waals surface area contributed by atoms with Gasteiger partial charge in [-0.15, -0.1) is 0 Å². The predicted octanol–water partition coefficient (Wildman–Crippen LogP) is 3.21. The van der Waals surface area contributed by atoms with Crippen LogP contribution in [0, 0.1) is 13.8 Å². The van der Waals surface area contributed by atoms with Gasteiger partial charge in [0.2, 0.25) is 0 Å². The summed E-state index contributed by atoms with van der Waals surface area (Å²) in [7, 11) is 0. The van der Waals surface area contributed by atoms with Crippen molar-refractivity contribution >= 4 is 17.6 Å². The number of aliphatic hydroxyl groups is 1. The number of anilines is 1. The third-order valence-electron chi connectivity index (χ3n) is 4.70. The Morgan fingerprint density at radius 1 is 1.29 bits per heavy atom. The highest BCUT2D eigenvalue weighted by Gasteiger charge is 2.45. The first-order valence-corrected chi connectivity index (χ1v) is 9.42. The lowest BCUT2D eigenvalue weighted by molar-refractivity contribution is -0.0120. The van der Waals surface area contributed by atoms with Gasteiger partial charge >= 0.3 is 0 Å². The summed E-state index contributed by atoms with van der Waals surface area (Å²) in [5.41, 5.74) is 2.27. The molecule has 1 aliphatic carbocycles. The fraction of sp³-hybridized carbons (Fsp3) is 0.500. The van der Waals surface area contributed by atoms with Gasteiger partial charge in [-0.05, 0) is 44.6 Å². The van der Waals surface area contributed by atoms with Gasteiger partial charge in [-0.2, -0.15) is 11.8 Å². The zero-order valence-corrected chi connectivity index (χ0v) is 15.2. The summed E-state index contributed by atoms with van der Waals surface area (Å²) in [6.07, 6.45) is 5.41. The maximum atomic E-state index is 10.8. The summed E-state index contributed by atoms with van der Waals surface area (Å²) >= 11 is 1.84. The van der Waals surface area contributed by atoms with E-state index in [0.29, 0.717) is 17.6 Å². The van der Waals surface area contributed by atoms with E-state index in [4.69, 9.17) is 0 Å². The van der Waals surface area contributed by atoms with Crippen LogP contribution in [-0.2, 0) is 0 Å². The number of pyridine rings is 1. The smallest absolute Gasteiger partial charge is 0.161 e. The zero-order valence-electron chi connectivity index (χ0n) is 14.4. The molecule has 3 rings (SSSR count). The highest BCUT2D eigenvalue weighted by atomic mass is 32.2. The molecule has 0 amide bonds. The SMILES string of the molecule is CCSC1CCC1(O)CNc1nc(-c2ccncc2)nc(C)c1C. The van der Waals surface area contributed by atoms with Crippen molar-refractivity contribution in [3.05, 3.63) is 35.8 Å². The Labute approximate surface area is 147 Å². The molecule has 2 heterocycles. The molecule has 2 aromatic heterocycles. The van der Waals surface area contributed by atoms with Crippen LogP contribution in [0.5, 0.6) is 0 Å². The number of thioether (sulfide) groups is 1. The molecule has 1 fully saturated rings. The van der Waals surface area contributed by atoms with Crippen molar-refractivity contribution in [2.24, 2.45) is 0 Å². The summed E-state index contributed by atoms with van der Waals surface area (Å²) in [4.78, 5) is 13.3. The van der Waals surface area contributed by atoms with Gasteiger partial charge in [0, 0.05) is 41.0 Å².